The molecule has 0 bridgehead atoms. The summed E-state index contributed by atoms with van der Waals surface area (Å²) in [5.41, 5.74) is 9.84. The van der Waals surface area contributed by atoms with Crippen molar-refractivity contribution in [1.29, 1.82) is 5.41 Å². The molecule has 0 spiro atoms. The first-order valence-electron chi connectivity index (χ1n) is 8.96. The lowest BCUT2D eigenvalue weighted by Gasteiger charge is -2.12. The van der Waals surface area contributed by atoms with Gasteiger partial charge in [0.05, 0.1) is 11.2 Å². The maximum Gasteiger partial charge on any atom is 0.319 e. The number of benzene rings is 2. The Balaban J connectivity index is 1.76. The zero-order valence-electron chi connectivity index (χ0n) is 15.8. The van der Waals surface area contributed by atoms with Crippen LogP contribution in [0.15, 0.2) is 60.9 Å². The molecule has 0 aliphatic rings. The van der Waals surface area contributed by atoms with Crippen molar-refractivity contribution in [3.8, 4) is 0 Å². The van der Waals surface area contributed by atoms with E-state index in [4.69, 9.17) is 16.4 Å². The van der Waals surface area contributed by atoms with Gasteiger partial charge in [-0.2, -0.15) is 0 Å². The second-order valence-corrected chi connectivity index (χ2v) is 6.28. The number of urea groups is 1. The molecular formula is C21H20N6O3. The quantitative estimate of drug-likeness (QED) is 0.212. The van der Waals surface area contributed by atoms with E-state index in [9.17, 15) is 9.59 Å². The SMILES string of the molecule is N=CC(=CN)c1cc(CNC(=O)Nc2cccc3cccnc23)ccc1C(=O)NO. The van der Waals surface area contributed by atoms with Crippen LogP contribution in [0.25, 0.3) is 16.5 Å². The summed E-state index contributed by atoms with van der Waals surface area (Å²) in [6.45, 7) is 0.161. The summed E-state index contributed by atoms with van der Waals surface area (Å²) >= 11 is 0. The van der Waals surface area contributed by atoms with Crippen molar-refractivity contribution in [2.24, 2.45) is 5.73 Å². The van der Waals surface area contributed by atoms with Gasteiger partial charge in [-0.3, -0.25) is 15.0 Å². The Kier molecular flexibility index (Phi) is 6.36. The van der Waals surface area contributed by atoms with Gasteiger partial charge >= 0.3 is 6.03 Å². The molecule has 0 aliphatic carbocycles. The number of carbonyl (C=O) groups is 2. The van der Waals surface area contributed by atoms with E-state index in [1.807, 2.05) is 24.3 Å². The summed E-state index contributed by atoms with van der Waals surface area (Å²) in [6.07, 6.45) is 3.84. The Morgan fingerprint density at radius 2 is 1.93 bits per heavy atom. The standard InChI is InChI=1S/C21H20N6O3/c22-10-15(11-23)17-9-13(6-7-16(17)20(28)27-30)12-25-21(29)26-18-5-1-3-14-4-2-8-24-19(14)18/h1-11,22,30H,12,23H2,(H,27,28)(H2,25,26,29). The number of aromatic nitrogens is 1. The number of nitrogens with one attached hydrogen (secondary N) is 4. The zero-order valence-corrected chi connectivity index (χ0v) is 15.8. The van der Waals surface area contributed by atoms with Crippen LogP contribution in [0, 0.1) is 5.41 Å². The van der Waals surface area contributed by atoms with Crippen LogP contribution in [0.3, 0.4) is 0 Å². The van der Waals surface area contributed by atoms with Crippen molar-refractivity contribution in [3.05, 3.63) is 77.6 Å². The highest BCUT2D eigenvalue weighted by atomic mass is 16.5. The van der Waals surface area contributed by atoms with E-state index in [1.165, 1.54) is 12.3 Å². The van der Waals surface area contributed by atoms with Gasteiger partial charge in [0.1, 0.15) is 0 Å². The molecule has 9 heteroatoms. The number of amides is 3. The van der Waals surface area contributed by atoms with Crippen molar-refractivity contribution in [1.82, 2.24) is 15.8 Å². The summed E-state index contributed by atoms with van der Waals surface area (Å²) in [5, 5.41) is 22.8. The summed E-state index contributed by atoms with van der Waals surface area (Å²) in [5.74, 6) is -0.730. The predicted molar refractivity (Wildman–Crippen MR) is 114 cm³/mol. The molecule has 1 aromatic heterocycles. The first kappa shape index (κ1) is 20.5. The minimum Gasteiger partial charge on any atom is -0.404 e. The Labute approximate surface area is 172 Å². The number of anilines is 1. The minimum atomic E-state index is -0.730. The van der Waals surface area contributed by atoms with Crippen LogP contribution in [-0.2, 0) is 6.54 Å². The number of hydrogen-bond acceptors (Lipinski definition) is 6. The van der Waals surface area contributed by atoms with Gasteiger partial charge in [0, 0.05) is 41.7 Å². The van der Waals surface area contributed by atoms with Crippen molar-refractivity contribution in [3.63, 3.8) is 0 Å². The number of carbonyl (C=O) groups excluding carboxylic acids is 2. The summed E-state index contributed by atoms with van der Waals surface area (Å²) in [4.78, 5) is 28.5. The van der Waals surface area contributed by atoms with Gasteiger partial charge in [-0.15, -0.1) is 0 Å². The molecule has 0 unspecified atom stereocenters. The van der Waals surface area contributed by atoms with Gasteiger partial charge in [-0.1, -0.05) is 24.3 Å². The first-order chi connectivity index (χ1) is 14.6. The van der Waals surface area contributed by atoms with E-state index in [1.54, 1.807) is 29.9 Å². The van der Waals surface area contributed by atoms with Crippen LogP contribution >= 0.6 is 0 Å². The Morgan fingerprint density at radius 1 is 1.13 bits per heavy atom. The van der Waals surface area contributed by atoms with Crippen LogP contribution < -0.4 is 21.8 Å². The molecular weight excluding hydrogens is 384 g/mol. The van der Waals surface area contributed by atoms with E-state index in [-0.39, 0.29) is 12.1 Å². The topological polar surface area (TPSA) is 153 Å². The highest BCUT2D eigenvalue weighted by molar-refractivity contribution is 6.13. The van der Waals surface area contributed by atoms with E-state index < -0.39 is 11.9 Å². The van der Waals surface area contributed by atoms with Crippen molar-refractivity contribution < 1.29 is 14.8 Å². The molecule has 3 aromatic rings. The maximum atomic E-state index is 12.4. The average molecular weight is 404 g/mol. The van der Waals surface area contributed by atoms with Crippen molar-refractivity contribution in [2.75, 3.05) is 5.32 Å². The summed E-state index contributed by atoms with van der Waals surface area (Å²) in [7, 11) is 0. The lowest BCUT2D eigenvalue weighted by atomic mass is 9.97. The molecule has 0 aliphatic heterocycles. The maximum absolute atomic E-state index is 12.4. The third kappa shape index (κ3) is 4.42. The number of allylic oxidation sites excluding steroid dienone is 1. The number of hydrogen-bond donors (Lipinski definition) is 6. The number of fused-ring (bicyclic) bond motifs is 1. The van der Waals surface area contributed by atoms with Crippen molar-refractivity contribution in [2.45, 2.75) is 6.54 Å². The minimum absolute atomic E-state index is 0.146. The highest BCUT2D eigenvalue weighted by Gasteiger charge is 2.14. The Bertz CT molecular complexity index is 1140. The molecule has 0 saturated carbocycles. The third-order valence-corrected chi connectivity index (χ3v) is 4.41. The normalized spacial score (nSPS) is 11.0. The number of pyridine rings is 1. The molecule has 30 heavy (non-hydrogen) atoms. The van der Waals surface area contributed by atoms with Crippen LogP contribution in [0.5, 0.6) is 0 Å². The van der Waals surface area contributed by atoms with Crippen LogP contribution in [0.2, 0.25) is 0 Å². The average Bonchev–Trinajstić information content (AvgIpc) is 2.78. The Morgan fingerprint density at radius 3 is 2.67 bits per heavy atom. The fraction of sp³-hybridized carbons (Fsp3) is 0.0476. The van der Waals surface area contributed by atoms with E-state index in [2.05, 4.69) is 15.6 Å². The van der Waals surface area contributed by atoms with Gasteiger partial charge in [-0.25, -0.2) is 10.3 Å². The molecule has 152 valence electrons. The third-order valence-electron chi connectivity index (χ3n) is 4.41. The molecule has 0 fully saturated rings. The van der Waals surface area contributed by atoms with E-state index >= 15 is 0 Å². The first-order valence-corrected chi connectivity index (χ1v) is 8.96. The summed E-state index contributed by atoms with van der Waals surface area (Å²) < 4.78 is 0. The van der Waals surface area contributed by atoms with Gasteiger partial charge < -0.3 is 21.8 Å². The molecule has 0 radical (unpaired) electrons. The van der Waals surface area contributed by atoms with Gasteiger partial charge in [0.2, 0.25) is 0 Å². The number of hydroxylamine groups is 1. The van der Waals surface area contributed by atoms with Crippen LogP contribution in [0.4, 0.5) is 10.5 Å². The molecule has 0 saturated heterocycles. The lowest BCUT2D eigenvalue weighted by molar-refractivity contribution is 0.0706. The number of rotatable bonds is 6. The predicted octanol–water partition coefficient (Wildman–Crippen LogP) is 2.62. The second-order valence-electron chi connectivity index (χ2n) is 6.28. The number of nitrogens with two attached hydrogens (primary N) is 1. The molecule has 2 aromatic carbocycles. The number of nitrogens with zero attached hydrogens (tertiary/aromatic N) is 1. The molecule has 0 atom stereocenters. The lowest BCUT2D eigenvalue weighted by Crippen LogP contribution is -2.28. The molecule has 9 nitrogen and oxygen atoms in total. The van der Waals surface area contributed by atoms with Gasteiger partial charge in [0.25, 0.3) is 5.91 Å². The molecule has 3 amide bonds. The highest BCUT2D eigenvalue weighted by Crippen LogP contribution is 2.21. The van der Waals surface area contributed by atoms with Crippen molar-refractivity contribution >= 4 is 40.3 Å². The fourth-order valence-electron chi connectivity index (χ4n) is 2.97. The van der Waals surface area contributed by atoms with Crippen LogP contribution in [-0.4, -0.2) is 28.3 Å². The largest absolute Gasteiger partial charge is 0.404 e. The monoisotopic (exact) mass is 404 g/mol. The molecule has 7 N–H and O–H groups in total. The smallest absolute Gasteiger partial charge is 0.319 e. The Hall–Kier alpha value is -4.24. The fourth-order valence-corrected chi connectivity index (χ4v) is 2.97. The van der Waals surface area contributed by atoms with Crippen LogP contribution in [0.1, 0.15) is 21.5 Å². The van der Waals surface area contributed by atoms with E-state index in [0.29, 0.717) is 27.9 Å². The van der Waals surface area contributed by atoms with Gasteiger partial charge in [0.15, 0.2) is 0 Å². The zero-order chi connectivity index (χ0) is 21.5. The number of para-hydroxylation sites is 1. The van der Waals surface area contributed by atoms with Gasteiger partial charge in [-0.05, 0) is 35.4 Å². The molecule has 3 rings (SSSR count). The second kappa shape index (κ2) is 9.30. The van der Waals surface area contributed by atoms with E-state index in [0.717, 1.165) is 11.6 Å². The molecule has 1 heterocycles. The summed E-state index contributed by atoms with van der Waals surface area (Å²) in [6, 6.07) is 13.5.